The fraction of sp³-hybridized carbons (Fsp3) is 0.500. The van der Waals surface area contributed by atoms with E-state index in [9.17, 15) is 0 Å². The Morgan fingerprint density at radius 1 is 1.29 bits per heavy atom. The fourth-order valence-electron chi connectivity index (χ4n) is 1.99. The molecule has 2 aromatic heterocycles. The highest BCUT2D eigenvalue weighted by atomic mass is 35.5. The quantitative estimate of drug-likeness (QED) is 0.846. The molecule has 2 rings (SSSR count). The largest absolute Gasteiger partial charge is 0.468 e. The van der Waals surface area contributed by atoms with E-state index in [4.69, 9.17) is 16.0 Å². The monoisotopic (exact) mass is 326 g/mol. The number of rotatable bonds is 6. The first kappa shape index (κ1) is 16.6. The van der Waals surface area contributed by atoms with Crippen molar-refractivity contribution in [3.63, 3.8) is 0 Å². The number of hydrogen-bond acceptors (Lipinski definition) is 4. The molecule has 0 fully saturated rings. The Morgan fingerprint density at radius 2 is 2.05 bits per heavy atom. The van der Waals surface area contributed by atoms with Crippen LogP contribution in [0.3, 0.4) is 0 Å². The van der Waals surface area contributed by atoms with Crippen LogP contribution in [0.4, 0.5) is 0 Å². The van der Waals surface area contributed by atoms with Crippen LogP contribution in [0.1, 0.15) is 37.0 Å². The summed E-state index contributed by atoms with van der Waals surface area (Å²) in [4.78, 5) is 3.49. The summed E-state index contributed by atoms with van der Waals surface area (Å²) in [5.74, 6) is 0.992. The van der Waals surface area contributed by atoms with Crippen LogP contribution in [0, 0.1) is 0 Å². The van der Waals surface area contributed by atoms with Crippen molar-refractivity contribution in [2.75, 3.05) is 7.05 Å². The zero-order valence-electron chi connectivity index (χ0n) is 13.1. The van der Waals surface area contributed by atoms with E-state index in [1.165, 1.54) is 10.4 Å². The topological polar surface area (TPSA) is 28.4 Å². The minimum absolute atomic E-state index is 0.118. The van der Waals surface area contributed by atoms with Crippen LogP contribution in [0.5, 0.6) is 0 Å². The lowest BCUT2D eigenvalue weighted by atomic mass is 10.1. The molecule has 1 N–H and O–H groups in total. The molecule has 0 atom stereocenters. The first-order chi connectivity index (χ1) is 9.82. The van der Waals surface area contributed by atoms with Gasteiger partial charge in [-0.05, 0) is 46.0 Å². The molecule has 0 amide bonds. The van der Waals surface area contributed by atoms with Crippen LogP contribution in [0.15, 0.2) is 28.9 Å². The second kappa shape index (κ2) is 6.97. The zero-order valence-corrected chi connectivity index (χ0v) is 14.6. The Morgan fingerprint density at radius 3 is 2.67 bits per heavy atom. The van der Waals surface area contributed by atoms with E-state index in [-0.39, 0.29) is 5.54 Å². The Balaban J connectivity index is 1.84. The molecule has 0 aromatic carbocycles. The van der Waals surface area contributed by atoms with E-state index in [0.717, 1.165) is 29.7 Å². The molecule has 0 unspecified atom stereocenters. The van der Waals surface area contributed by atoms with E-state index in [1.54, 1.807) is 11.3 Å². The van der Waals surface area contributed by atoms with Crippen LogP contribution in [0.25, 0.3) is 0 Å². The molecule has 3 nitrogen and oxygen atoms in total. The SMILES string of the molecule is CN(Cc1cc(CNC(C)(C)C)co1)Cc1ccc(Cl)s1. The van der Waals surface area contributed by atoms with Crippen molar-refractivity contribution in [2.24, 2.45) is 0 Å². The van der Waals surface area contributed by atoms with Gasteiger partial charge in [0.05, 0.1) is 17.1 Å². The maximum absolute atomic E-state index is 5.95. The first-order valence-electron chi connectivity index (χ1n) is 7.06. The van der Waals surface area contributed by atoms with Gasteiger partial charge in [0.2, 0.25) is 0 Å². The van der Waals surface area contributed by atoms with Crippen LogP contribution in [-0.4, -0.2) is 17.5 Å². The molecule has 0 saturated heterocycles. The summed E-state index contributed by atoms with van der Waals surface area (Å²) < 4.78 is 6.48. The minimum Gasteiger partial charge on any atom is -0.468 e. The molecule has 116 valence electrons. The second-order valence-corrected chi connectivity index (χ2v) is 8.20. The van der Waals surface area contributed by atoms with Crippen molar-refractivity contribution >= 4 is 22.9 Å². The maximum Gasteiger partial charge on any atom is 0.118 e. The number of furan rings is 1. The van der Waals surface area contributed by atoms with Gasteiger partial charge in [0, 0.05) is 29.1 Å². The number of halogens is 1. The van der Waals surface area contributed by atoms with Crippen molar-refractivity contribution in [3.05, 3.63) is 45.0 Å². The van der Waals surface area contributed by atoms with Crippen molar-refractivity contribution in [2.45, 2.75) is 45.9 Å². The van der Waals surface area contributed by atoms with Gasteiger partial charge in [0.25, 0.3) is 0 Å². The molecule has 21 heavy (non-hydrogen) atoms. The van der Waals surface area contributed by atoms with Gasteiger partial charge < -0.3 is 9.73 Å². The van der Waals surface area contributed by atoms with E-state index in [0.29, 0.717) is 0 Å². The number of hydrogen-bond donors (Lipinski definition) is 1. The fourth-order valence-corrected chi connectivity index (χ4v) is 3.16. The molecule has 0 bridgehead atoms. The van der Waals surface area contributed by atoms with Crippen molar-refractivity contribution < 1.29 is 4.42 Å². The van der Waals surface area contributed by atoms with Crippen molar-refractivity contribution in [3.8, 4) is 0 Å². The Labute approximate surface area is 135 Å². The van der Waals surface area contributed by atoms with Gasteiger partial charge in [-0.3, -0.25) is 4.90 Å². The Kier molecular flexibility index (Phi) is 5.49. The molecule has 0 spiro atoms. The standard InChI is InChI=1S/C16H23ClN2OS/c1-16(2,3)18-8-12-7-13(20-11-12)9-19(4)10-14-5-6-15(17)21-14/h5-7,11,18H,8-10H2,1-4H3. The highest BCUT2D eigenvalue weighted by Crippen LogP contribution is 2.23. The molecule has 0 aliphatic rings. The van der Waals surface area contributed by atoms with Gasteiger partial charge in [-0.1, -0.05) is 11.6 Å². The molecule has 2 aromatic rings. The highest BCUT2D eigenvalue weighted by molar-refractivity contribution is 7.16. The summed E-state index contributed by atoms with van der Waals surface area (Å²) >= 11 is 7.58. The number of nitrogens with zero attached hydrogens (tertiary/aromatic N) is 1. The summed E-state index contributed by atoms with van der Waals surface area (Å²) in [6.07, 6.45) is 1.84. The third-order valence-corrected chi connectivity index (χ3v) is 4.23. The van der Waals surface area contributed by atoms with Gasteiger partial charge in [0.15, 0.2) is 0 Å². The average Bonchev–Trinajstić information content (AvgIpc) is 2.95. The summed E-state index contributed by atoms with van der Waals surface area (Å²) in [5.41, 5.74) is 1.31. The summed E-state index contributed by atoms with van der Waals surface area (Å²) in [7, 11) is 2.09. The molecule has 0 aliphatic carbocycles. The molecule has 5 heteroatoms. The Hall–Kier alpha value is -0.810. The average molecular weight is 327 g/mol. The molecule has 0 radical (unpaired) electrons. The van der Waals surface area contributed by atoms with E-state index < -0.39 is 0 Å². The zero-order chi connectivity index (χ0) is 15.5. The highest BCUT2D eigenvalue weighted by Gasteiger charge is 2.11. The predicted molar refractivity (Wildman–Crippen MR) is 89.8 cm³/mol. The lowest BCUT2D eigenvalue weighted by Crippen LogP contribution is -2.34. The smallest absolute Gasteiger partial charge is 0.118 e. The van der Waals surface area contributed by atoms with Crippen LogP contribution in [-0.2, 0) is 19.6 Å². The van der Waals surface area contributed by atoms with E-state index in [2.05, 4.69) is 50.2 Å². The summed E-state index contributed by atoms with van der Waals surface area (Å²) in [6.45, 7) is 8.99. The first-order valence-corrected chi connectivity index (χ1v) is 8.25. The second-order valence-electron chi connectivity index (χ2n) is 6.40. The lowest BCUT2D eigenvalue weighted by Gasteiger charge is -2.19. The van der Waals surface area contributed by atoms with E-state index >= 15 is 0 Å². The van der Waals surface area contributed by atoms with E-state index in [1.807, 2.05) is 12.3 Å². The third-order valence-electron chi connectivity index (χ3n) is 3.01. The molecular weight excluding hydrogens is 304 g/mol. The van der Waals surface area contributed by atoms with Crippen molar-refractivity contribution in [1.29, 1.82) is 0 Å². The summed E-state index contributed by atoms with van der Waals surface area (Å²) in [6, 6.07) is 6.14. The molecule has 0 aliphatic heterocycles. The molecular formula is C16H23ClN2OS. The van der Waals surface area contributed by atoms with Crippen LogP contribution in [0.2, 0.25) is 4.34 Å². The van der Waals surface area contributed by atoms with Gasteiger partial charge >= 0.3 is 0 Å². The van der Waals surface area contributed by atoms with Crippen molar-refractivity contribution in [1.82, 2.24) is 10.2 Å². The normalized spacial score (nSPS) is 12.3. The molecule has 2 heterocycles. The van der Waals surface area contributed by atoms with Gasteiger partial charge in [-0.25, -0.2) is 0 Å². The molecule has 0 saturated carbocycles. The van der Waals surface area contributed by atoms with Crippen LogP contribution < -0.4 is 5.32 Å². The Bertz CT molecular complexity index is 571. The van der Waals surface area contributed by atoms with Gasteiger partial charge in [0.1, 0.15) is 5.76 Å². The minimum atomic E-state index is 0.118. The van der Waals surface area contributed by atoms with Gasteiger partial charge in [-0.2, -0.15) is 0 Å². The van der Waals surface area contributed by atoms with Crippen LogP contribution >= 0.6 is 22.9 Å². The predicted octanol–water partition coefficient (Wildman–Crippen LogP) is 4.51. The lowest BCUT2D eigenvalue weighted by molar-refractivity contribution is 0.290. The summed E-state index contributed by atoms with van der Waals surface area (Å²) in [5, 5.41) is 3.46. The third kappa shape index (κ3) is 5.83. The number of thiophene rings is 1. The van der Waals surface area contributed by atoms with Gasteiger partial charge in [-0.15, -0.1) is 11.3 Å². The maximum atomic E-state index is 5.95. The number of nitrogens with one attached hydrogen (secondary N) is 1.